The molecule has 0 saturated heterocycles. The first kappa shape index (κ1) is 9.98. The Morgan fingerprint density at radius 3 is 3.07 bits per heavy atom. The number of nitrogens with zero attached hydrogens (tertiary/aromatic N) is 2. The molecule has 0 radical (unpaired) electrons. The fraction of sp³-hybridized carbons (Fsp3) is 0.778. The van der Waals surface area contributed by atoms with E-state index >= 15 is 0 Å². The zero-order valence-electron chi connectivity index (χ0n) is 8.27. The summed E-state index contributed by atoms with van der Waals surface area (Å²) in [5, 5.41) is 3.88. The molecule has 2 N–H and O–H groups in total. The second-order valence-electron chi connectivity index (χ2n) is 3.74. The van der Waals surface area contributed by atoms with Gasteiger partial charge in [0.25, 0.3) is 0 Å². The number of hydrogen-bond donors (Lipinski definition) is 1. The Morgan fingerprint density at radius 2 is 2.43 bits per heavy atom. The predicted molar refractivity (Wildman–Crippen MR) is 55.9 cm³/mol. The van der Waals surface area contributed by atoms with E-state index in [1.54, 1.807) is 11.8 Å². The van der Waals surface area contributed by atoms with Crippen LogP contribution in [0.15, 0.2) is 4.52 Å². The van der Waals surface area contributed by atoms with Crippen molar-refractivity contribution in [2.45, 2.75) is 31.1 Å². The van der Waals surface area contributed by atoms with E-state index in [0.29, 0.717) is 11.8 Å². The van der Waals surface area contributed by atoms with Gasteiger partial charge in [-0.25, -0.2) is 0 Å². The van der Waals surface area contributed by atoms with Crippen LogP contribution in [0.4, 0.5) is 0 Å². The Hall–Kier alpha value is -0.550. The fourth-order valence-electron chi connectivity index (χ4n) is 1.45. The summed E-state index contributed by atoms with van der Waals surface area (Å²) < 4.78 is 5.11. The molecule has 0 aromatic carbocycles. The predicted octanol–water partition coefficient (Wildman–Crippen LogP) is 1.21. The minimum absolute atomic E-state index is 0.206. The first-order chi connectivity index (χ1) is 6.79. The van der Waals surface area contributed by atoms with Crippen molar-refractivity contribution in [2.24, 2.45) is 11.7 Å². The molecule has 1 aliphatic carbocycles. The van der Waals surface area contributed by atoms with Crippen molar-refractivity contribution in [3.8, 4) is 0 Å². The zero-order valence-corrected chi connectivity index (χ0v) is 9.09. The lowest BCUT2D eigenvalue weighted by atomic mass is 10.1. The topological polar surface area (TPSA) is 64.9 Å². The summed E-state index contributed by atoms with van der Waals surface area (Å²) in [6.07, 6.45) is 5.26. The Kier molecular flexibility index (Phi) is 3.08. The highest BCUT2D eigenvalue weighted by Crippen LogP contribution is 2.32. The molecular weight excluding hydrogens is 198 g/mol. The van der Waals surface area contributed by atoms with Crippen LogP contribution in [0.3, 0.4) is 0 Å². The van der Waals surface area contributed by atoms with E-state index in [0.717, 1.165) is 18.0 Å². The molecule has 1 heterocycles. The quantitative estimate of drug-likeness (QED) is 0.796. The average Bonchev–Trinajstić information content (AvgIpc) is 2.92. The van der Waals surface area contributed by atoms with Gasteiger partial charge in [0.15, 0.2) is 5.82 Å². The van der Waals surface area contributed by atoms with E-state index in [2.05, 4.69) is 10.1 Å². The van der Waals surface area contributed by atoms with Gasteiger partial charge in [0.1, 0.15) is 0 Å². The molecule has 78 valence electrons. The van der Waals surface area contributed by atoms with Gasteiger partial charge in [-0.15, -0.1) is 0 Å². The van der Waals surface area contributed by atoms with Crippen LogP contribution in [0.25, 0.3) is 0 Å². The highest BCUT2D eigenvalue weighted by molar-refractivity contribution is 7.97. The van der Waals surface area contributed by atoms with Gasteiger partial charge < -0.3 is 10.3 Å². The smallest absolute Gasteiger partial charge is 0.228 e. The van der Waals surface area contributed by atoms with Gasteiger partial charge in [0.2, 0.25) is 5.89 Å². The summed E-state index contributed by atoms with van der Waals surface area (Å²) in [5.41, 5.74) is 5.96. The molecule has 14 heavy (non-hydrogen) atoms. The number of nitrogens with two attached hydrogens (primary N) is 1. The zero-order chi connectivity index (χ0) is 9.97. The molecule has 1 saturated carbocycles. The lowest BCUT2D eigenvalue weighted by Gasteiger charge is -2.04. The highest BCUT2D eigenvalue weighted by Gasteiger charge is 2.29. The largest absolute Gasteiger partial charge is 0.339 e. The lowest BCUT2D eigenvalue weighted by Crippen LogP contribution is -2.25. The van der Waals surface area contributed by atoms with Crippen LogP contribution in [0.5, 0.6) is 0 Å². The van der Waals surface area contributed by atoms with Crippen LogP contribution >= 0.6 is 11.8 Å². The van der Waals surface area contributed by atoms with Gasteiger partial charge in [-0.1, -0.05) is 5.16 Å². The Labute approximate surface area is 87.6 Å². The summed E-state index contributed by atoms with van der Waals surface area (Å²) in [7, 11) is 0. The van der Waals surface area contributed by atoms with Gasteiger partial charge >= 0.3 is 0 Å². The minimum atomic E-state index is 0.206. The fourth-order valence-corrected chi connectivity index (χ4v) is 1.83. The monoisotopic (exact) mass is 213 g/mol. The van der Waals surface area contributed by atoms with Gasteiger partial charge in [0.05, 0.1) is 5.75 Å². The number of aromatic nitrogens is 2. The molecule has 4 nitrogen and oxygen atoms in total. The van der Waals surface area contributed by atoms with E-state index in [1.807, 2.05) is 6.26 Å². The van der Waals surface area contributed by atoms with Gasteiger partial charge in [-0.2, -0.15) is 16.7 Å². The normalized spacial score (nSPS) is 18.4. The van der Waals surface area contributed by atoms with Gasteiger partial charge in [-0.05, 0) is 25.0 Å². The summed E-state index contributed by atoms with van der Waals surface area (Å²) in [4.78, 5) is 4.27. The molecule has 1 aromatic rings. The number of hydrogen-bond acceptors (Lipinski definition) is 5. The van der Waals surface area contributed by atoms with Crippen molar-refractivity contribution in [3.05, 3.63) is 11.7 Å². The Bertz CT molecular complexity index is 298. The van der Waals surface area contributed by atoms with E-state index < -0.39 is 0 Å². The van der Waals surface area contributed by atoms with Crippen molar-refractivity contribution >= 4 is 11.8 Å². The van der Waals surface area contributed by atoms with Gasteiger partial charge in [0, 0.05) is 12.5 Å². The van der Waals surface area contributed by atoms with Crippen molar-refractivity contribution in [1.29, 1.82) is 0 Å². The van der Waals surface area contributed by atoms with Crippen LogP contribution in [-0.2, 0) is 12.2 Å². The summed E-state index contributed by atoms with van der Waals surface area (Å²) in [5.74, 6) is 2.96. The van der Waals surface area contributed by atoms with E-state index in [4.69, 9.17) is 10.3 Å². The summed E-state index contributed by atoms with van der Waals surface area (Å²) >= 11 is 1.69. The van der Waals surface area contributed by atoms with Crippen molar-refractivity contribution in [2.75, 3.05) is 6.26 Å². The van der Waals surface area contributed by atoms with Crippen LogP contribution < -0.4 is 5.73 Å². The maximum Gasteiger partial charge on any atom is 0.228 e. The number of rotatable bonds is 5. The first-order valence-corrected chi connectivity index (χ1v) is 6.25. The Morgan fingerprint density at radius 1 is 1.64 bits per heavy atom. The molecular formula is C9H15N3OS. The molecule has 0 amide bonds. The molecule has 0 aliphatic heterocycles. The van der Waals surface area contributed by atoms with E-state index in [9.17, 15) is 0 Å². The third-order valence-electron chi connectivity index (χ3n) is 2.42. The average molecular weight is 213 g/mol. The van der Waals surface area contributed by atoms with Crippen LogP contribution in [0.1, 0.15) is 24.6 Å². The minimum Gasteiger partial charge on any atom is -0.339 e. The van der Waals surface area contributed by atoms with Crippen molar-refractivity contribution < 1.29 is 4.52 Å². The second kappa shape index (κ2) is 4.31. The third-order valence-corrected chi connectivity index (χ3v) is 2.97. The standard InChI is InChI=1S/C9H15N3OS/c1-14-5-8-11-9(13-12-8)4-7(10)6-2-3-6/h6-7H,2-5,10H2,1H3. The molecule has 1 aliphatic rings. The van der Waals surface area contributed by atoms with Crippen LogP contribution in [0.2, 0.25) is 0 Å². The molecule has 2 rings (SSSR count). The van der Waals surface area contributed by atoms with Crippen LogP contribution in [0, 0.1) is 5.92 Å². The molecule has 5 heteroatoms. The summed E-state index contributed by atoms with van der Waals surface area (Å²) in [6, 6.07) is 0.206. The van der Waals surface area contributed by atoms with Crippen LogP contribution in [-0.4, -0.2) is 22.4 Å². The second-order valence-corrected chi connectivity index (χ2v) is 4.61. The van der Waals surface area contributed by atoms with E-state index in [1.165, 1.54) is 12.8 Å². The molecule has 1 fully saturated rings. The van der Waals surface area contributed by atoms with Crippen molar-refractivity contribution in [3.63, 3.8) is 0 Å². The SMILES string of the molecule is CSCc1noc(CC(N)C2CC2)n1. The molecule has 1 aromatic heterocycles. The highest BCUT2D eigenvalue weighted by atomic mass is 32.2. The molecule has 0 spiro atoms. The summed E-state index contributed by atoms with van der Waals surface area (Å²) in [6.45, 7) is 0. The number of thioether (sulfide) groups is 1. The molecule has 1 atom stereocenters. The maximum absolute atomic E-state index is 5.96. The maximum atomic E-state index is 5.96. The first-order valence-electron chi connectivity index (χ1n) is 4.85. The lowest BCUT2D eigenvalue weighted by molar-refractivity contribution is 0.360. The molecule has 1 unspecified atom stereocenters. The van der Waals surface area contributed by atoms with E-state index in [-0.39, 0.29) is 6.04 Å². The van der Waals surface area contributed by atoms with Crippen molar-refractivity contribution in [1.82, 2.24) is 10.1 Å². The molecule has 0 bridgehead atoms. The third kappa shape index (κ3) is 2.48. The Balaban J connectivity index is 1.88. The van der Waals surface area contributed by atoms with Gasteiger partial charge in [-0.3, -0.25) is 0 Å².